The largest absolute Gasteiger partial charge is 0.478 e. The third-order valence-electron chi connectivity index (χ3n) is 3.62. The molecule has 3 rings (SSSR count). The summed E-state index contributed by atoms with van der Waals surface area (Å²) in [5, 5.41) is 13.3. The van der Waals surface area contributed by atoms with Gasteiger partial charge in [0, 0.05) is 30.2 Å². The van der Waals surface area contributed by atoms with Crippen LogP contribution in [0.15, 0.2) is 30.6 Å². The maximum Gasteiger partial charge on any atom is 0.335 e. The first-order valence-corrected chi connectivity index (χ1v) is 8.54. The van der Waals surface area contributed by atoms with E-state index in [9.17, 15) is 4.79 Å². The lowest BCUT2D eigenvalue weighted by atomic mass is 10.2. The molecule has 0 amide bonds. The summed E-state index contributed by atoms with van der Waals surface area (Å²) in [5.74, 6) is -0.518. The topological polar surface area (TPSA) is 101 Å². The number of hydrogen-bond donors (Lipinski definition) is 2. The minimum atomic E-state index is -0.995. The summed E-state index contributed by atoms with van der Waals surface area (Å²) in [6.07, 6.45) is 3.87. The van der Waals surface area contributed by atoms with Crippen LogP contribution in [-0.4, -0.2) is 37.6 Å². The van der Waals surface area contributed by atoms with Crippen LogP contribution in [0.2, 0.25) is 0 Å². The lowest BCUT2D eigenvalue weighted by molar-refractivity contribution is 0.0697. The molecular weight excluding hydrogens is 338 g/mol. The van der Waals surface area contributed by atoms with Crippen LogP contribution in [0.1, 0.15) is 25.9 Å². The number of pyridine rings is 1. The van der Waals surface area contributed by atoms with Crippen LogP contribution in [-0.2, 0) is 6.42 Å². The molecule has 0 fully saturated rings. The Kier molecular flexibility index (Phi) is 4.99. The van der Waals surface area contributed by atoms with Gasteiger partial charge in [0.2, 0.25) is 5.95 Å². The number of anilines is 1. The number of aryl methyl sites for hydroxylation is 2. The highest BCUT2D eigenvalue weighted by Crippen LogP contribution is 2.18. The van der Waals surface area contributed by atoms with Crippen molar-refractivity contribution in [3.05, 3.63) is 51.7 Å². The van der Waals surface area contributed by atoms with Gasteiger partial charge in [-0.1, -0.05) is 0 Å². The van der Waals surface area contributed by atoms with Crippen molar-refractivity contribution >= 4 is 23.3 Å². The van der Waals surface area contributed by atoms with E-state index in [-0.39, 0.29) is 5.56 Å². The number of nitrogens with one attached hydrogen (secondary N) is 1. The van der Waals surface area contributed by atoms with Crippen LogP contribution in [0, 0.1) is 13.8 Å². The molecule has 0 aromatic carbocycles. The zero-order valence-corrected chi connectivity index (χ0v) is 14.7. The number of hydrogen-bond acceptors (Lipinski definition) is 7. The second-order valence-electron chi connectivity index (χ2n) is 5.43. The van der Waals surface area contributed by atoms with Crippen LogP contribution in [0.5, 0.6) is 0 Å². The van der Waals surface area contributed by atoms with Gasteiger partial charge in [-0.25, -0.2) is 19.7 Å². The molecule has 0 aliphatic rings. The normalized spacial score (nSPS) is 10.6. The van der Waals surface area contributed by atoms with Gasteiger partial charge < -0.3 is 10.4 Å². The van der Waals surface area contributed by atoms with Gasteiger partial charge in [0.05, 0.1) is 27.7 Å². The molecule has 0 unspecified atom stereocenters. The number of aromatic carboxylic acids is 1. The summed E-state index contributed by atoms with van der Waals surface area (Å²) >= 11 is 1.70. The fourth-order valence-corrected chi connectivity index (χ4v) is 3.15. The molecule has 0 saturated carbocycles. The molecule has 7 nitrogen and oxygen atoms in total. The third kappa shape index (κ3) is 4.16. The number of carboxylic acids is 1. The van der Waals surface area contributed by atoms with Crippen LogP contribution < -0.4 is 5.32 Å². The fourth-order valence-electron chi connectivity index (χ4n) is 2.22. The molecular formula is C17H17N5O2S. The van der Waals surface area contributed by atoms with Crippen molar-refractivity contribution in [2.75, 3.05) is 11.9 Å². The van der Waals surface area contributed by atoms with Gasteiger partial charge >= 0.3 is 5.97 Å². The number of nitrogens with zero attached hydrogens (tertiary/aromatic N) is 4. The van der Waals surface area contributed by atoms with E-state index in [1.54, 1.807) is 23.6 Å². The molecule has 0 radical (unpaired) electrons. The summed E-state index contributed by atoms with van der Waals surface area (Å²) in [7, 11) is 0. The Morgan fingerprint density at radius 1 is 1.16 bits per heavy atom. The Balaban J connectivity index is 1.69. The second kappa shape index (κ2) is 7.35. The van der Waals surface area contributed by atoms with Gasteiger partial charge in [0.15, 0.2) is 0 Å². The third-order valence-corrected chi connectivity index (χ3v) is 4.75. The molecule has 0 bridgehead atoms. The van der Waals surface area contributed by atoms with Crippen LogP contribution >= 0.6 is 11.3 Å². The van der Waals surface area contributed by atoms with E-state index in [1.165, 1.54) is 23.2 Å². The molecule has 25 heavy (non-hydrogen) atoms. The highest BCUT2D eigenvalue weighted by molar-refractivity contribution is 7.11. The van der Waals surface area contributed by atoms with Crippen molar-refractivity contribution < 1.29 is 9.90 Å². The first kappa shape index (κ1) is 17.0. The molecule has 0 spiro atoms. The Morgan fingerprint density at radius 2 is 1.96 bits per heavy atom. The minimum Gasteiger partial charge on any atom is -0.478 e. The van der Waals surface area contributed by atoms with Crippen molar-refractivity contribution in [2.24, 2.45) is 0 Å². The van der Waals surface area contributed by atoms with Gasteiger partial charge in [-0.05, 0) is 32.0 Å². The predicted molar refractivity (Wildman–Crippen MR) is 96.0 cm³/mol. The molecule has 3 heterocycles. The highest BCUT2D eigenvalue weighted by atomic mass is 32.1. The maximum absolute atomic E-state index is 11.1. The lowest BCUT2D eigenvalue weighted by Crippen LogP contribution is -2.08. The number of aromatic nitrogens is 4. The number of rotatable bonds is 6. The van der Waals surface area contributed by atoms with Crippen molar-refractivity contribution in [3.8, 4) is 11.4 Å². The predicted octanol–water partition coefficient (Wildman–Crippen LogP) is 2.96. The van der Waals surface area contributed by atoms with Crippen LogP contribution in [0.3, 0.4) is 0 Å². The molecule has 3 aromatic rings. The molecule has 3 aromatic heterocycles. The Labute approximate surface area is 148 Å². The van der Waals surface area contributed by atoms with E-state index in [0.29, 0.717) is 23.9 Å². The van der Waals surface area contributed by atoms with E-state index in [2.05, 4.69) is 32.2 Å². The van der Waals surface area contributed by atoms with E-state index in [4.69, 9.17) is 5.11 Å². The maximum atomic E-state index is 11.1. The van der Waals surface area contributed by atoms with Crippen molar-refractivity contribution in [2.45, 2.75) is 20.3 Å². The summed E-state index contributed by atoms with van der Waals surface area (Å²) in [6, 6.07) is 4.65. The molecule has 0 aliphatic carbocycles. The lowest BCUT2D eigenvalue weighted by Gasteiger charge is -2.06. The smallest absolute Gasteiger partial charge is 0.335 e. The standard InChI is InChI=1S/C17H17N5O2S/c1-10-11(2)25-15(21-10)5-8-20-17-19-7-4-13(22-17)14-9-12(16(23)24)3-6-18-14/h3-4,6-7,9H,5,8H2,1-2H3,(H,23,24)(H,19,20,22). The fraction of sp³-hybridized carbons (Fsp3) is 0.235. The van der Waals surface area contributed by atoms with E-state index in [1.807, 2.05) is 6.92 Å². The summed E-state index contributed by atoms with van der Waals surface area (Å²) in [5.41, 5.74) is 2.31. The monoisotopic (exact) mass is 355 g/mol. The van der Waals surface area contributed by atoms with E-state index in [0.717, 1.165) is 17.1 Å². The summed E-state index contributed by atoms with van der Waals surface area (Å²) in [4.78, 5) is 29.6. The van der Waals surface area contributed by atoms with Crippen molar-refractivity contribution in [3.63, 3.8) is 0 Å². The number of thiazole rings is 1. The van der Waals surface area contributed by atoms with E-state index < -0.39 is 5.97 Å². The Hall–Kier alpha value is -2.87. The minimum absolute atomic E-state index is 0.174. The van der Waals surface area contributed by atoms with Gasteiger partial charge in [0.25, 0.3) is 0 Å². The average Bonchev–Trinajstić information content (AvgIpc) is 2.93. The highest BCUT2D eigenvalue weighted by Gasteiger charge is 2.08. The van der Waals surface area contributed by atoms with Crippen LogP contribution in [0.4, 0.5) is 5.95 Å². The molecule has 2 N–H and O–H groups in total. The summed E-state index contributed by atoms with van der Waals surface area (Å²) in [6.45, 7) is 4.74. The average molecular weight is 355 g/mol. The number of carbonyl (C=O) groups is 1. The molecule has 8 heteroatoms. The Morgan fingerprint density at radius 3 is 2.68 bits per heavy atom. The van der Waals surface area contributed by atoms with E-state index >= 15 is 0 Å². The number of carboxylic acid groups (broad SMARTS) is 1. The second-order valence-corrected chi connectivity index (χ2v) is 6.71. The SMILES string of the molecule is Cc1nc(CCNc2nccc(-c3cc(C(=O)O)ccn3)n2)sc1C. The van der Waals surface area contributed by atoms with Gasteiger partial charge in [-0.15, -0.1) is 11.3 Å². The van der Waals surface area contributed by atoms with Crippen molar-refractivity contribution in [1.29, 1.82) is 0 Å². The first-order chi connectivity index (χ1) is 12.0. The van der Waals surface area contributed by atoms with Crippen LogP contribution in [0.25, 0.3) is 11.4 Å². The van der Waals surface area contributed by atoms with Gasteiger partial charge in [0.1, 0.15) is 0 Å². The summed E-state index contributed by atoms with van der Waals surface area (Å²) < 4.78 is 0. The quantitative estimate of drug-likeness (QED) is 0.701. The van der Waals surface area contributed by atoms with Gasteiger partial charge in [-0.3, -0.25) is 4.98 Å². The molecule has 0 aliphatic heterocycles. The first-order valence-electron chi connectivity index (χ1n) is 7.72. The molecule has 0 atom stereocenters. The Bertz CT molecular complexity index is 890. The van der Waals surface area contributed by atoms with Crippen molar-refractivity contribution in [1.82, 2.24) is 19.9 Å². The molecule has 0 saturated heterocycles. The zero-order valence-electron chi connectivity index (χ0n) is 13.9. The zero-order chi connectivity index (χ0) is 17.8. The molecule has 128 valence electrons. The van der Waals surface area contributed by atoms with Gasteiger partial charge in [-0.2, -0.15) is 0 Å².